The number of phenols is 1. The summed E-state index contributed by atoms with van der Waals surface area (Å²) in [7, 11) is 0. The molecule has 2 rings (SSSR count). The number of phenolic OH excluding ortho intramolecular Hbond substituents is 1. The third-order valence-electron chi connectivity index (χ3n) is 3.18. The lowest BCUT2D eigenvalue weighted by Gasteiger charge is -2.19. The van der Waals surface area contributed by atoms with E-state index < -0.39 is 27.9 Å². The van der Waals surface area contributed by atoms with Crippen LogP contribution in [0.1, 0.15) is 23.7 Å². The summed E-state index contributed by atoms with van der Waals surface area (Å²) in [5.74, 6) is -1.15. The highest BCUT2D eigenvalue weighted by Crippen LogP contribution is 2.31. The summed E-state index contributed by atoms with van der Waals surface area (Å²) in [6.07, 6.45) is 0.439. The summed E-state index contributed by atoms with van der Waals surface area (Å²) in [5, 5.41) is 30.3. The van der Waals surface area contributed by atoms with E-state index in [0.29, 0.717) is 13.0 Å². The van der Waals surface area contributed by atoms with Gasteiger partial charge in [0.1, 0.15) is 0 Å². The van der Waals surface area contributed by atoms with E-state index in [4.69, 9.17) is 0 Å². The molecule has 1 aliphatic rings. The maximum absolute atomic E-state index is 12.2. The molecule has 1 atom stereocenters. The fourth-order valence-corrected chi connectivity index (χ4v) is 2.14. The highest BCUT2D eigenvalue weighted by atomic mass is 16.6. The van der Waals surface area contributed by atoms with Gasteiger partial charge in [0.15, 0.2) is 0 Å². The fourth-order valence-electron chi connectivity index (χ4n) is 2.14. The lowest BCUT2D eigenvalue weighted by Crippen LogP contribution is -2.33. The number of rotatable bonds is 2. The maximum Gasteiger partial charge on any atom is 0.311 e. The number of benzene rings is 1. The Morgan fingerprint density at radius 1 is 1.53 bits per heavy atom. The number of aliphatic hydroxyl groups is 1. The topological polar surface area (TPSA) is 104 Å². The van der Waals surface area contributed by atoms with Gasteiger partial charge in [0.05, 0.1) is 16.1 Å². The standard InChI is InChI=1S/C12H14N2O5/c1-12(17)5-6-13(7-12)11(16)8-3-2-4-9(10(8)15)14(18)19/h2-4,15,17H,5-7H2,1H3. The minimum absolute atomic E-state index is 0.119. The molecule has 7 heteroatoms. The zero-order chi connectivity index (χ0) is 14.2. The van der Waals surface area contributed by atoms with Crippen molar-refractivity contribution in [3.05, 3.63) is 33.9 Å². The van der Waals surface area contributed by atoms with Crippen molar-refractivity contribution < 1.29 is 19.9 Å². The maximum atomic E-state index is 12.2. The van der Waals surface area contributed by atoms with Crippen molar-refractivity contribution in [3.63, 3.8) is 0 Å². The quantitative estimate of drug-likeness (QED) is 0.611. The Labute approximate surface area is 109 Å². The molecule has 1 aromatic carbocycles. The van der Waals surface area contributed by atoms with Crippen LogP contribution in [0.25, 0.3) is 0 Å². The molecule has 0 radical (unpaired) electrons. The number of amides is 1. The van der Waals surface area contributed by atoms with Gasteiger partial charge in [-0.1, -0.05) is 6.07 Å². The largest absolute Gasteiger partial charge is 0.502 e. The van der Waals surface area contributed by atoms with Gasteiger partial charge in [-0.15, -0.1) is 0 Å². The molecule has 1 aromatic rings. The molecule has 102 valence electrons. The van der Waals surface area contributed by atoms with Gasteiger partial charge in [-0.3, -0.25) is 14.9 Å². The van der Waals surface area contributed by atoms with Gasteiger partial charge in [0.2, 0.25) is 5.75 Å². The molecule has 1 heterocycles. The van der Waals surface area contributed by atoms with E-state index in [1.165, 1.54) is 17.0 Å². The monoisotopic (exact) mass is 266 g/mol. The zero-order valence-corrected chi connectivity index (χ0v) is 10.4. The lowest BCUT2D eigenvalue weighted by molar-refractivity contribution is -0.385. The third-order valence-corrected chi connectivity index (χ3v) is 3.18. The Balaban J connectivity index is 2.30. The van der Waals surface area contributed by atoms with E-state index in [1.807, 2.05) is 0 Å². The third kappa shape index (κ3) is 2.50. The van der Waals surface area contributed by atoms with Crippen LogP contribution in [0.4, 0.5) is 5.69 Å². The van der Waals surface area contributed by atoms with Crippen LogP contribution in [0.2, 0.25) is 0 Å². The fraction of sp³-hybridized carbons (Fsp3) is 0.417. The number of nitro groups is 1. The summed E-state index contributed by atoms with van der Waals surface area (Å²) >= 11 is 0. The second kappa shape index (κ2) is 4.51. The van der Waals surface area contributed by atoms with Crippen molar-refractivity contribution in [2.45, 2.75) is 18.9 Å². The molecule has 1 amide bonds. The normalized spacial score (nSPS) is 22.5. The first-order valence-electron chi connectivity index (χ1n) is 5.80. The van der Waals surface area contributed by atoms with E-state index in [9.17, 15) is 25.1 Å². The van der Waals surface area contributed by atoms with Crippen LogP contribution in [0.3, 0.4) is 0 Å². The molecule has 0 bridgehead atoms. The van der Waals surface area contributed by atoms with Gasteiger partial charge in [-0.2, -0.15) is 0 Å². The number of nitrogens with zero attached hydrogens (tertiary/aromatic N) is 2. The molecular weight excluding hydrogens is 252 g/mol. The summed E-state index contributed by atoms with van der Waals surface area (Å²) in [6.45, 7) is 2.12. The van der Waals surface area contributed by atoms with Crippen LogP contribution in [-0.2, 0) is 0 Å². The Kier molecular flexibility index (Phi) is 3.15. The average Bonchev–Trinajstić information content (AvgIpc) is 2.69. The van der Waals surface area contributed by atoms with Crippen LogP contribution in [0.5, 0.6) is 5.75 Å². The molecule has 1 unspecified atom stereocenters. The Hall–Kier alpha value is -2.15. The molecule has 7 nitrogen and oxygen atoms in total. The van der Waals surface area contributed by atoms with Crippen LogP contribution >= 0.6 is 0 Å². The van der Waals surface area contributed by atoms with Gasteiger partial charge in [0, 0.05) is 19.2 Å². The average molecular weight is 266 g/mol. The summed E-state index contributed by atoms with van der Waals surface area (Å²) in [6, 6.07) is 3.81. The molecule has 1 saturated heterocycles. The molecule has 1 fully saturated rings. The van der Waals surface area contributed by atoms with E-state index in [-0.39, 0.29) is 12.1 Å². The number of carbonyl (C=O) groups excluding carboxylic acids is 1. The predicted molar refractivity (Wildman–Crippen MR) is 65.9 cm³/mol. The van der Waals surface area contributed by atoms with Gasteiger partial charge in [-0.25, -0.2) is 0 Å². The minimum Gasteiger partial charge on any atom is -0.502 e. The lowest BCUT2D eigenvalue weighted by atomic mass is 10.1. The molecular formula is C12H14N2O5. The van der Waals surface area contributed by atoms with Crippen LogP contribution < -0.4 is 0 Å². The number of nitro benzene ring substituents is 1. The number of para-hydroxylation sites is 1. The summed E-state index contributed by atoms with van der Waals surface area (Å²) in [5.41, 5.74) is -1.57. The van der Waals surface area contributed by atoms with Crippen molar-refractivity contribution in [2.75, 3.05) is 13.1 Å². The number of aromatic hydroxyl groups is 1. The van der Waals surface area contributed by atoms with E-state index in [2.05, 4.69) is 0 Å². The number of hydrogen-bond donors (Lipinski definition) is 2. The molecule has 0 aromatic heterocycles. The highest BCUT2D eigenvalue weighted by molar-refractivity contribution is 5.98. The van der Waals surface area contributed by atoms with Crippen LogP contribution in [0, 0.1) is 10.1 Å². The number of likely N-dealkylation sites (tertiary alicyclic amines) is 1. The molecule has 0 saturated carbocycles. The smallest absolute Gasteiger partial charge is 0.311 e. The zero-order valence-electron chi connectivity index (χ0n) is 10.4. The first-order valence-corrected chi connectivity index (χ1v) is 5.80. The van der Waals surface area contributed by atoms with E-state index >= 15 is 0 Å². The van der Waals surface area contributed by atoms with Crippen molar-refractivity contribution in [1.29, 1.82) is 0 Å². The first kappa shape index (κ1) is 13.3. The second-order valence-electron chi connectivity index (χ2n) is 4.90. The van der Waals surface area contributed by atoms with Crippen LogP contribution in [-0.4, -0.2) is 44.6 Å². The Morgan fingerprint density at radius 2 is 2.21 bits per heavy atom. The summed E-state index contributed by atoms with van der Waals surface area (Å²) in [4.78, 5) is 23.5. The Bertz CT molecular complexity index is 541. The Morgan fingerprint density at radius 3 is 2.74 bits per heavy atom. The molecule has 0 aliphatic carbocycles. The van der Waals surface area contributed by atoms with E-state index in [0.717, 1.165) is 6.07 Å². The van der Waals surface area contributed by atoms with Crippen molar-refractivity contribution in [3.8, 4) is 5.75 Å². The number of carbonyl (C=O) groups is 1. The van der Waals surface area contributed by atoms with Crippen molar-refractivity contribution >= 4 is 11.6 Å². The first-order chi connectivity index (χ1) is 8.82. The van der Waals surface area contributed by atoms with Gasteiger partial charge < -0.3 is 15.1 Å². The van der Waals surface area contributed by atoms with Gasteiger partial charge >= 0.3 is 5.69 Å². The molecule has 2 N–H and O–H groups in total. The van der Waals surface area contributed by atoms with Crippen molar-refractivity contribution in [1.82, 2.24) is 4.90 Å². The van der Waals surface area contributed by atoms with Crippen LogP contribution in [0.15, 0.2) is 18.2 Å². The summed E-state index contributed by atoms with van der Waals surface area (Å²) < 4.78 is 0. The molecule has 1 aliphatic heterocycles. The highest BCUT2D eigenvalue weighted by Gasteiger charge is 2.35. The van der Waals surface area contributed by atoms with E-state index in [1.54, 1.807) is 6.92 Å². The SMILES string of the molecule is CC1(O)CCN(C(=O)c2cccc([N+](=O)[O-])c2O)C1. The predicted octanol–water partition coefficient (Wildman–Crippen LogP) is 0.897. The number of hydrogen-bond acceptors (Lipinski definition) is 5. The molecule has 0 spiro atoms. The van der Waals surface area contributed by atoms with Crippen molar-refractivity contribution in [2.24, 2.45) is 0 Å². The van der Waals surface area contributed by atoms with Gasteiger partial charge in [-0.05, 0) is 19.4 Å². The minimum atomic E-state index is -0.952. The molecule has 19 heavy (non-hydrogen) atoms. The number of β-amino-alcohol motifs (C(OH)–C–C–N with tert-alkyl or cyclic N) is 1. The van der Waals surface area contributed by atoms with Gasteiger partial charge in [0.25, 0.3) is 5.91 Å². The second-order valence-corrected chi connectivity index (χ2v) is 4.90.